The SMILES string of the molecule is COc1c(C(N)=O)c(CC(=O)N2CCN(C(=O)NC(C)(C)C)CC2)nc2ccccc12. The minimum atomic E-state index is -0.693. The van der Waals surface area contributed by atoms with Crippen molar-refractivity contribution in [1.29, 1.82) is 0 Å². The third kappa shape index (κ3) is 5.04. The largest absolute Gasteiger partial charge is 0.495 e. The molecule has 3 rings (SSSR count). The molecule has 2 aromatic rings. The van der Waals surface area contributed by atoms with Crippen LogP contribution in [0, 0.1) is 0 Å². The Labute approximate surface area is 181 Å². The second kappa shape index (κ2) is 8.79. The van der Waals surface area contributed by atoms with Gasteiger partial charge in [-0.05, 0) is 32.9 Å². The van der Waals surface area contributed by atoms with Gasteiger partial charge in [0.15, 0.2) is 0 Å². The van der Waals surface area contributed by atoms with E-state index in [0.29, 0.717) is 48.5 Å². The summed E-state index contributed by atoms with van der Waals surface area (Å²) in [7, 11) is 1.46. The van der Waals surface area contributed by atoms with Gasteiger partial charge in [-0.15, -0.1) is 0 Å². The number of urea groups is 1. The van der Waals surface area contributed by atoms with Crippen LogP contribution in [0.1, 0.15) is 36.8 Å². The Morgan fingerprint density at radius 1 is 1.10 bits per heavy atom. The number of amides is 4. The highest BCUT2D eigenvalue weighted by molar-refractivity contribution is 6.03. The van der Waals surface area contributed by atoms with E-state index in [0.717, 1.165) is 0 Å². The summed E-state index contributed by atoms with van der Waals surface area (Å²) in [6.07, 6.45) is -0.0757. The van der Waals surface area contributed by atoms with Crippen LogP contribution < -0.4 is 15.8 Å². The number of carbonyl (C=O) groups excluding carboxylic acids is 3. The molecule has 1 aromatic carbocycles. The Balaban J connectivity index is 1.76. The van der Waals surface area contributed by atoms with Gasteiger partial charge in [0.1, 0.15) is 11.3 Å². The van der Waals surface area contributed by atoms with Crippen LogP contribution >= 0.6 is 0 Å². The minimum Gasteiger partial charge on any atom is -0.495 e. The van der Waals surface area contributed by atoms with Crippen molar-refractivity contribution >= 4 is 28.7 Å². The van der Waals surface area contributed by atoms with E-state index in [9.17, 15) is 14.4 Å². The van der Waals surface area contributed by atoms with Crippen molar-refractivity contribution < 1.29 is 19.1 Å². The molecule has 166 valence electrons. The Kier molecular flexibility index (Phi) is 6.33. The molecule has 9 nitrogen and oxygen atoms in total. The second-order valence-electron chi connectivity index (χ2n) is 8.57. The molecule has 3 N–H and O–H groups in total. The summed E-state index contributed by atoms with van der Waals surface area (Å²) in [6.45, 7) is 7.46. The van der Waals surface area contributed by atoms with Crippen LogP contribution in [-0.4, -0.2) is 71.5 Å². The lowest BCUT2D eigenvalue weighted by Crippen LogP contribution is -2.56. The Morgan fingerprint density at radius 2 is 1.71 bits per heavy atom. The number of nitrogens with zero attached hydrogens (tertiary/aromatic N) is 3. The molecule has 2 heterocycles. The van der Waals surface area contributed by atoms with Gasteiger partial charge in [-0.3, -0.25) is 14.6 Å². The van der Waals surface area contributed by atoms with Crippen molar-refractivity contribution in [2.45, 2.75) is 32.7 Å². The van der Waals surface area contributed by atoms with E-state index in [-0.39, 0.29) is 29.5 Å². The predicted molar refractivity (Wildman–Crippen MR) is 117 cm³/mol. The second-order valence-corrected chi connectivity index (χ2v) is 8.57. The summed E-state index contributed by atoms with van der Waals surface area (Å²) in [5.74, 6) is -0.547. The lowest BCUT2D eigenvalue weighted by molar-refractivity contribution is -0.131. The highest BCUT2D eigenvalue weighted by Gasteiger charge is 2.28. The summed E-state index contributed by atoms with van der Waals surface area (Å²) in [5, 5.41) is 3.59. The number of nitrogens with one attached hydrogen (secondary N) is 1. The van der Waals surface area contributed by atoms with Gasteiger partial charge in [-0.2, -0.15) is 0 Å². The Bertz CT molecular complexity index is 1010. The lowest BCUT2D eigenvalue weighted by atomic mass is 10.0. The number of piperazine rings is 1. The molecule has 0 aliphatic carbocycles. The molecule has 0 saturated carbocycles. The number of fused-ring (bicyclic) bond motifs is 1. The van der Waals surface area contributed by atoms with Gasteiger partial charge >= 0.3 is 6.03 Å². The molecule has 0 bridgehead atoms. The first-order valence-electron chi connectivity index (χ1n) is 10.2. The topological polar surface area (TPSA) is 118 Å². The molecule has 0 unspecified atom stereocenters. The van der Waals surface area contributed by atoms with Gasteiger partial charge < -0.3 is 25.6 Å². The predicted octanol–water partition coefficient (Wildman–Crippen LogP) is 1.54. The number of hydrogen-bond donors (Lipinski definition) is 2. The van der Waals surface area contributed by atoms with E-state index in [1.165, 1.54) is 7.11 Å². The van der Waals surface area contributed by atoms with E-state index < -0.39 is 5.91 Å². The third-order valence-corrected chi connectivity index (χ3v) is 5.09. The van der Waals surface area contributed by atoms with Gasteiger partial charge in [0, 0.05) is 37.1 Å². The first-order valence-corrected chi connectivity index (χ1v) is 10.2. The third-order valence-electron chi connectivity index (χ3n) is 5.09. The molecule has 4 amide bonds. The molecule has 1 aromatic heterocycles. The molecule has 31 heavy (non-hydrogen) atoms. The number of hydrogen-bond acceptors (Lipinski definition) is 5. The molecule has 1 aliphatic rings. The number of rotatable bonds is 4. The maximum atomic E-state index is 13.0. The van der Waals surface area contributed by atoms with Gasteiger partial charge in [0.25, 0.3) is 5.91 Å². The molecule has 9 heteroatoms. The Morgan fingerprint density at radius 3 is 2.29 bits per heavy atom. The zero-order chi connectivity index (χ0) is 22.8. The van der Waals surface area contributed by atoms with Crippen LogP contribution in [0.2, 0.25) is 0 Å². The number of methoxy groups -OCH3 is 1. The first kappa shape index (κ1) is 22.3. The average molecular weight is 428 g/mol. The molecule has 1 aliphatic heterocycles. The van der Waals surface area contributed by atoms with E-state index in [1.807, 2.05) is 32.9 Å². The number of carbonyl (C=O) groups is 3. The quantitative estimate of drug-likeness (QED) is 0.767. The number of benzene rings is 1. The molecule has 0 atom stereocenters. The van der Waals surface area contributed by atoms with Gasteiger partial charge in [-0.25, -0.2) is 4.79 Å². The number of pyridine rings is 1. The number of nitrogens with two attached hydrogens (primary N) is 1. The zero-order valence-corrected chi connectivity index (χ0v) is 18.4. The van der Waals surface area contributed by atoms with E-state index >= 15 is 0 Å². The normalized spacial score (nSPS) is 14.5. The van der Waals surface area contributed by atoms with Crippen LogP contribution in [0.4, 0.5) is 4.79 Å². The summed E-state index contributed by atoms with van der Waals surface area (Å²) in [4.78, 5) is 45.3. The highest BCUT2D eigenvalue weighted by Crippen LogP contribution is 2.31. The van der Waals surface area contributed by atoms with E-state index in [2.05, 4.69) is 10.3 Å². The van der Waals surface area contributed by atoms with Crippen molar-refractivity contribution in [3.63, 3.8) is 0 Å². The van der Waals surface area contributed by atoms with Crippen molar-refractivity contribution in [1.82, 2.24) is 20.1 Å². The van der Waals surface area contributed by atoms with Crippen LogP contribution in [0.3, 0.4) is 0 Å². The van der Waals surface area contributed by atoms with Crippen molar-refractivity contribution in [3.8, 4) is 5.75 Å². The smallest absolute Gasteiger partial charge is 0.317 e. The standard InChI is InChI=1S/C22H29N5O4/c1-22(2,3)25-21(30)27-11-9-26(10-12-27)17(28)13-16-18(20(23)29)19(31-4)14-7-5-6-8-15(14)24-16/h5-8H,9-13H2,1-4H3,(H2,23,29)(H,25,30). The lowest BCUT2D eigenvalue weighted by Gasteiger charge is -2.36. The van der Waals surface area contributed by atoms with Crippen molar-refractivity contribution in [3.05, 3.63) is 35.5 Å². The van der Waals surface area contributed by atoms with Crippen molar-refractivity contribution in [2.75, 3.05) is 33.3 Å². The van der Waals surface area contributed by atoms with E-state index in [4.69, 9.17) is 10.5 Å². The number of primary amides is 1. The average Bonchev–Trinajstić information content (AvgIpc) is 2.71. The van der Waals surface area contributed by atoms with Crippen LogP contribution in [-0.2, 0) is 11.2 Å². The number of aromatic nitrogens is 1. The fourth-order valence-corrected chi connectivity index (χ4v) is 3.64. The maximum Gasteiger partial charge on any atom is 0.317 e. The van der Waals surface area contributed by atoms with Crippen LogP contribution in [0.25, 0.3) is 10.9 Å². The van der Waals surface area contributed by atoms with Crippen LogP contribution in [0.5, 0.6) is 5.75 Å². The maximum absolute atomic E-state index is 13.0. The monoisotopic (exact) mass is 427 g/mol. The fraction of sp³-hybridized carbons (Fsp3) is 0.455. The van der Waals surface area contributed by atoms with E-state index in [1.54, 1.807) is 21.9 Å². The molecule has 1 fully saturated rings. The summed E-state index contributed by atoms with van der Waals surface area (Å²) >= 11 is 0. The molecular weight excluding hydrogens is 398 g/mol. The number of ether oxygens (including phenoxy) is 1. The molecule has 0 radical (unpaired) electrons. The van der Waals surface area contributed by atoms with Gasteiger partial charge in [0.2, 0.25) is 5.91 Å². The fourth-order valence-electron chi connectivity index (χ4n) is 3.64. The minimum absolute atomic E-state index is 0.0757. The first-order chi connectivity index (χ1) is 14.6. The number of para-hydroxylation sites is 1. The Hall–Kier alpha value is -3.36. The van der Waals surface area contributed by atoms with Crippen LogP contribution in [0.15, 0.2) is 24.3 Å². The summed E-state index contributed by atoms with van der Waals surface area (Å²) < 4.78 is 5.45. The molecular formula is C22H29N5O4. The molecule has 1 saturated heterocycles. The summed E-state index contributed by atoms with van der Waals surface area (Å²) in [6, 6.07) is 7.09. The highest BCUT2D eigenvalue weighted by atomic mass is 16.5. The summed E-state index contributed by atoms with van der Waals surface area (Å²) in [5.41, 5.74) is 6.32. The zero-order valence-electron chi connectivity index (χ0n) is 18.4. The van der Waals surface area contributed by atoms with Gasteiger partial charge in [0.05, 0.1) is 24.7 Å². The van der Waals surface area contributed by atoms with Gasteiger partial charge in [-0.1, -0.05) is 12.1 Å². The molecule has 0 spiro atoms. The van der Waals surface area contributed by atoms with Crippen molar-refractivity contribution in [2.24, 2.45) is 5.73 Å².